The standard InChI is InChI=1S/C16H23NO2/c1-13(16(18)19-2)12-17-10-8-15(9-11-17)14-6-4-3-5-7-14/h3-7,13,15H,8-12H2,1-2H3/t13-/m0/s1. The average Bonchev–Trinajstić information content (AvgIpc) is 2.48. The van der Waals surface area contributed by atoms with E-state index in [2.05, 4.69) is 35.2 Å². The van der Waals surface area contributed by atoms with E-state index in [0.29, 0.717) is 5.92 Å². The SMILES string of the molecule is COC(=O)[C@@H](C)CN1CCC(c2ccccc2)CC1. The maximum Gasteiger partial charge on any atom is 0.309 e. The summed E-state index contributed by atoms with van der Waals surface area (Å²) in [5, 5.41) is 0. The van der Waals surface area contributed by atoms with Gasteiger partial charge in [0.1, 0.15) is 0 Å². The summed E-state index contributed by atoms with van der Waals surface area (Å²) in [6, 6.07) is 10.7. The molecule has 0 spiro atoms. The van der Waals surface area contributed by atoms with Crippen molar-refractivity contribution in [2.24, 2.45) is 5.92 Å². The zero-order valence-electron chi connectivity index (χ0n) is 11.8. The van der Waals surface area contributed by atoms with Crippen LogP contribution in [-0.2, 0) is 9.53 Å². The molecule has 0 radical (unpaired) electrons. The van der Waals surface area contributed by atoms with Gasteiger partial charge < -0.3 is 9.64 Å². The predicted octanol–water partition coefficient (Wildman–Crippen LogP) is 2.68. The second kappa shape index (κ2) is 6.71. The van der Waals surface area contributed by atoms with Gasteiger partial charge in [0, 0.05) is 6.54 Å². The normalized spacial score (nSPS) is 19.1. The highest BCUT2D eigenvalue weighted by molar-refractivity contribution is 5.72. The third kappa shape index (κ3) is 3.80. The van der Waals surface area contributed by atoms with Gasteiger partial charge in [0.2, 0.25) is 0 Å². The van der Waals surface area contributed by atoms with Gasteiger partial charge in [-0.2, -0.15) is 0 Å². The summed E-state index contributed by atoms with van der Waals surface area (Å²) in [6.45, 7) is 4.89. The van der Waals surface area contributed by atoms with Crippen molar-refractivity contribution in [2.45, 2.75) is 25.7 Å². The number of nitrogens with zero attached hydrogens (tertiary/aromatic N) is 1. The molecule has 19 heavy (non-hydrogen) atoms. The van der Waals surface area contributed by atoms with Crippen LogP contribution in [0.1, 0.15) is 31.2 Å². The number of methoxy groups -OCH3 is 1. The van der Waals surface area contributed by atoms with Gasteiger partial charge in [-0.3, -0.25) is 4.79 Å². The Labute approximate surface area is 115 Å². The summed E-state index contributed by atoms with van der Waals surface area (Å²) >= 11 is 0. The molecular weight excluding hydrogens is 238 g/mol. The molecule has 1 saturated heterocycles. The summed E-state index contributed by atoms with van der Waals surface area (Å²) in [4.78, 5) is 13.8. The number of hydrogen-bond acceptors (Lipinski definition) is 3. The highest BCUT2D eigenvalue weighted by atomic mass is 16.5. The third-order valence-electron chi connectivity index (χ3n) is 3.99. The number of ether oxygens (including phenoxy) is 1. The molecule has 1 atom stereocenters. The summed E-state index contributed by atoms with van der Waals surface area (Å²) < 4.78 is 4.78. The first-order valence-corrected chi connectivity index (χ1v) is 7.06. The summed E-state index contributed by atoms with van der Waals surface area (Å²) in [5.41, 5.74) is 1.45. The Morgan fingerprint density at radius 2 is 1.95 bits per heavy atom. The number of piperidine rings is 1. The highest BCUT2D eigenvalue weighted by Crippen LogP contribution is 2.27. The molecule has 104 valence electrons. The Morgan fingerprint density at radius 3 is 2.53 bits per heavy atom. The molecule has 2 rings (SSSR count). The Hall–Kier alpha value is -1.35. The van der Waals surface area contributed by atoms with E-state index in [1.807, 2.05) is 6.92 Å². The van der Waals surface area contributed by atoms with Crippen LogP contribution in [0.25, 0.3) is 0 Å². The van der Waals surface area contributed by atoms with E-state index in [1.54, 1.807) is 0 Å². The van der Waals surface area contributed by atoms with Crippen molar-refractivity contribution >= 4 is 5.97 Å². The number of rotatable bonds is 4. The Balaban J connectivity index is 1.81. The van der Waals surface area contributed by atoms with E-state index < -0.39 is 0 Å². The summed E-state index contributed by atoms with van der Waals surface area (Å²) in [7, 11) is 1.46. The second-order valence-corrected chi connectivity index (χ2v) is 5.41. The minimum Gasteiger partial charge on any atom is -0.469 e. The molecule has 0 N–H and O–H groups in total. The number of benzene rings is 1. The van der Waals surface area contributed by atoms with Crippen molar-refractivity contribution < 1.29 is 9.53 Å². The van der Waals surface area contributed by atoms with E-state index in [-0.39, 0.29) is 11.9 Å². The smallest absolute Gasteiger partial charge is 0.309 e. The number of carbonyl (C=O) groups is 1. The first kappa shape index (κ1) is 14.1. The molecule has 0 amide bonds. The van der Waals surface area contributed by atoms with Crippen molar-refractivity contribution in [3.63, 3.8) is 0 Å². The van der Waals surface area contributed by atoms with Crippen LogP contribution in [0.15, 0.2) is 30.3 Å². The average molecular weight is 261 g/mol. The molecule has 1 aromatic rings. The van der Waals surface area contributed by atoms with Crippen molar-refractivity contribution in [1.29, 1.82) is 0 Å². The molecule has 1 heterocycles. The van der Waals surface area contributed by atoms with Gasteiger partial charge in [0.05, 0.1) is 13.0 Å². The van der Waals surface area contributed by atoms with Gasteiger partial charge in [-0.15, -0.1) is 0 Å². The maximum absolute atomic E-state index is 11.4. The molecule has 0 bridgehead atoms. The summed E-state index contributed by atoms with van der Waals surface area (Å²) in [6.07, 6.45) is 2.36. The van der Waals surface area contributed by atoms with Crippen LogP contribution in [0.4, 0.5) is 0 Å². The first-order chi connectivity index (χ1) is 9.20. The van der Waals surface area contributed by atoms with Gasteiger partial charge in [-0.25, -0.2) is 0 Å². The molecule has 3 heteroatoms. The van der Waals surface area contributed by atoms with E-state index >= 15 is 0 Å². The first-order valence-electron chi connectivity index (χ1n) is 7.06. The lowest BCUT2D eigenvalue weighted by atomic mass is 9.89. The molecular formula is C16H23NO2. The van der Waals surface area contributed by atoms with E-state index in [9.17, 15) is 4.79 Å². The van der Waals surface area contributed by atoms with Gasteiger partial charge in [-0.1, -0.05) is 37.3 Å². The van der Waals surface area contributed by atoms with Crippen LogP contribution >= 0.6 is 0 Å². The fourth-order valence-electron chi connectivity index (χ4n) is 2.84. The lowest BCUT2D eigenvalue weighted by molar-refractivity contribution is -0.145. The zero-order valence-corrected chi connectivity index (χ0v) is 11.8. The molecule has 0 saturated carbocycles. The monoisotopic (exact) mass is 261 g/mol. The predicted molar refractivity (Wildman–Crippen MR) is 76.0 cm³/mol. The lowest BCUT2D eigenvalue weighted by Crippen LogP contribution is -2.38. The van der Waals surface area contributed by atoms with Crippen molar-refractivity contribution in [3.05, 3.63) is 35.9 Å². The Kier molecular flexibility index (Phi) is 4.97. The van der Waals surface area contributed by atoms with Crippen LogP contribution in [0.2, 0.25) is 0 Å². The van der Waals surface area contributed by atoms with E-state index in [0.717, 1.165) is 19.6 Å². The number of likely N-dealkylation sites (tertiary alicyclic amines) is 1. The molecule has 0 aromatic heterocycles. The van der Waals surface area contributed by atoms with Crippen LogP contribution in [0, 0.1) is 5.92 Å². The fraction of sp³-hybridized carbons (Fsp3) is 0.562. The molecule has 1 aromatic carbocycles. The summed E-state index contributed by atoms with van der Waals surface area (Å²) in [5.74, 6) is 0.536. The van der Waals surface area contributed by atoms with Crippen LogP contribution in [-0.4, -0.2) is 37.6 Å². The molecule has 3 nitrogen and oxygen atoms in total. The van der Waals surface area contributed by atoms with Gasteiger partial charge in [0.25, 0.3) is 0 Å². The molecule has 1 fully saturated rings. The Morgan fingerprint density at radius 1 is 1.32 bits per heavy atom. The van der Waals surface area contributed by atoms with E-state index in [4.69, 9.17) is 4.74 Å². The second-order valence-electron chi connectivity index (χ2n) is 5.41. The number of esters is 1. The van der Waals surface area contributed by atoms with Crippen LogP contribution < -0.4 is 0 Å². The minimum absolute atomic E-state index is 0.0294. The topological polar surface area (TPSA) is 29.5 Å². The number of carbonyl (C=O) groups excluding carboxylic acids is 1. The fourth-order valence-corrected chi connectivity index (χ4v) is 2.84. The van der Waals surface area contributed by atoms with Crippen LogP contribution in [0.3, 0.4) is 0 Å². The largest absolute Gasteiger partial charge is 0.469 e. The zero-order chi connectivity index (χ0) is 13.7. The minimum atomic E-state index is -0.106. The van der Waals surface area contributed by atoms with Crippen molar-refractivity contribution in [2.75, 3.05) is 26.7 Å². The molecule has 1 aliphatic rings. The molecule has 0 aliphatic carbocycles. The third-order valence-corrected chi connectivity index (χ3v) is 3.99. The van der Waals surface area contributed by atoms with Crippen molar-refractivity contribution in [1.82, 2.24) is 4.90 Å². The van der Waals surface area contributed by atoms with Gasteiger partial charge >= 0.3 is 5.97 Å². The van der Waals surface area contributed by atoms with Crippen LogP contribution in [0.5, 0.6) is 0 Å². The highest BCUT2D eigenvalue weighted by Gasteiger charge is 2.23. The Bertz CT molecular complexity index is 396. The molecule has 1 aliphatic heterocycles. The number of hydrogen-bond donors (Lipinski definition) is 0. The quantitative estimate of drug-likeness (QED) is 0.780. The maximum atomic E-state index is 11.4. The van der Waals surface area contributed by atoms with Gasteiger partial charge in [0.15, 0.2) is 0 Å². The van der Waals surface area contributed by atoms with E-state index in [1.165, 1.54) is 25.5 Å². The lowest BCUT2D eigenvalue weighted by Gasteiger charge is -2.33. The van der Waals surface area contributed by atoms with Crippen molar-refractivity contribution in [3.8, 4) is 0 Å². The van der Waals surface area contributed by atoms with Gasteiger partial charge in [-0.05, 0) is 37.4 Å². The molecule has 0 unspecified atom stereocenters.